The Balaban J connectivity index is 2.01. The predicted octanol–water partition coefficient (Wildman–Crippen LogP) is 2.41. The minimum absolute atomic E-state index is 0.00581. The van der Waals surface area contributed by atoms with Crippen molar-refractivity contribution in [2.45, 2.75) is 25.7 Å². The second-order valence-electron chi connectivity index (χ2n) is 5.17. The van der Waals surface area contributed by atoms with Crippen molar-refractivity contribution in [1.29, 1.82) is 0 Å². The Morgan fingerprint density at radius 1 is 1.32 bits per heavy atom. The molecule has 0 bridgehead atoms. The number of fused-ring (bicyclic) bond motifs is 1. The van der Waals surface area contributed by atoms with E-state index in [2.05, 4.69) is 10.4 Å². The van der Waals surface area contributed by atoms with E-state index in [0.29, 0.717) is 24.9 Å². The number of carbonyl (C=O) groups excluding carboxylic acids is 1. The number of carbonyl (C=O) groups is 1. The molecule has 3 rings (SSSR count). The van der Waals surface area contributed by atoms with Gasteiger partial charge >= 0.3 is 6.18 Å². The number of hydrogen-bond donors (Lipinski definition) is 1. The zero-order chi connectivity index (χ0) is 15.7. The first-order valence-electron chi connectivity index (χ1n) is 6.90. The monoisotopic (exact) mass is 309 g/mol. The lowest BCUT2D eigenvalue weighted by molar-refractivity contribution is -0.138. The smallest absolute Gasteiger partial charge is 0.312 e. The summed E-state index contributed by atoms with van der Waals surface area (Å²) in [4.78, 5) is 11.1. The standard InChI is InChI=1S/C15H14F3N3O/c16-15(17,18)12-4-2-1-3-10(12)8-21-14-5-6-19-7-11(14)13(9-22)20-21/h1-4,9,19H,5-8H2. The van der Waals surface area contributed by atoms with Gasteiger partial charge in [0, 0.05) is 30.8 Å². The van der Waals surface area contributed by atoms with Crippen LogP contribution in [0.2, 0.25) is 0 Å². The first-order chi connectivity index (χ1) is 10.5. The molecule has 0 amide bonds. The van der Waals surface area contributed by atoms with Gasteiger partial charge < -0.3 is 5.32 Å². The highest BCUT2D eigenvalue weighted by atomic mass is 19.4. The molecule has 0 spiro atoms. The fraction of sp³-hybridized carbons (Fsp3) is 0.333. The average Bonchev–Trinajstić information content (AvgIpc) is 2.85. The summed E-state index contributed by atoms with van der Waals surface area (Å²) in [5.74, 6) is 0. The van der Waals surface area contributed by atoms with Crippen LogP contribution in [0.25, 0.3) is 0 Å². The number of hydrogen-bond acceptors (Lipinski definition) is 3. The number of rotatable bonds is 3. The number of nitrogens with one attached hydrogen (secondary N) is 1. The number of aromatic nitrogens is 2. The van der Waals surface area contributed by atoms with Crippen LogP contribution in [0.1, 0.15) is 32.9 Å². The number of halogens is 3. The number of benzene rings is 1. The molecule has 0 atom stereocenters. The molecule has 0 saturated heterocycles. The molecule has 0 unspecified atom stereocenters. The van der Waals surface area contributed by atoms with Crippen LogP contribution in [0.4, 0.5) is 13.2 Å². The van der Waals surface area contributed by atoms with Crippen molar-refractivity contribution >= 4 is 6.29 Å². The average molecular weight is 309 g/mol. The Kier molecular flexibility index (Phi) is 3.74. The summed E-state index contributed by atoms with van der Waals surface area (Å²) < 4.78 is 40.7. The molecule has 7 heteroatoms. The Hall–Kier alpha value is -2.15. The van der Waals surface area contributed by atoms with E-state index in [1.807, 2.05) is 0 Å². The molecule has 1 aromatic carbocycles. The van der Waals surface area contributed by atoms with Gasteiger partial charge in [0.15, 0.2) is 6.29 Å². The van der Waals surface area contributed by atoms with Crippen molar-refractivity contribution in [3.8, 4) is 0 Å². The van der Waals surface area contributed by atoms with Gasteiger partial charge in [-0.3, -0.25) is 9.48 Å². The maximum Gasteiger partial charge on any atom is 0.416 e. The van der Waals surface area contributed by atoms with E-state index in [4.69, 9.17) is 0 Å². The first-order valence-corrected chi connectivity index (χ1v) is 6.90. The summed E-state index contributed by atoms with van der Waals surface area (Å²) in [6.45, 7) is 1.24. The van der Waals surface area contributed by atoms with Gasteiger partial charge in [-0.05, 0) is 11.6 Å². The van der Waals surface area contributed by atoms with Gasteiger partial charge in [-0.15, -0.1) is 0 Å². The molecule has 22 heavy (non-hydrogen) atoms. The Labute approximate surface area is 124 Å². The summed E-state index contributed by atoms with van der Waals surface area (Å²) in [5.41, 5.74) is 1.40. The van der Waals surface area contributed by atoms with E-state index in [0.717, 1.165) is 23.9 Å². The summed E-state index contributed by atoms with van der Waals surface area (Å²) in [7, 11) is 0. The van der Waals surface area contributed by atoms with E-state index >= 15 is 0 Å². The topological polar surface area (TPSA) is 46.9 Å². The van der Waals surface area contributed by atoms with Crippen LogP contribution in [0, 0.1) is 0 Å². The molecule has 0 aliphatic carbocycles. The molecule has 4 nitrogen and oxygen atoms in total. The molecular formula is C15H14F3N3O. The van der Waals surface area contributed by atoms with Crippen molar-refractivity contribution in [2.24, 2.45) is 0 Å². The number of alkyl halides is 3. The normalized spacial score (nSPS) is 14.7. The summed E-state index contributed by atoms with van der Waals surface area (Å²) in [6, 6.07) is 5.44. The molecule has 1 aliphatic rings. The van der Waals surface area contributed by atoms with Crippen LogP contribution in [0.15, 0.2) is 24.3 Å². The van der Waals surface area contributed by atoms with Gasteiger partial charge in [-0.25, -0.2) is 0 Å². The fourth-order valence-electron chi connectivity index (χ4n) is 2.77. The Bertz CT molecular complexity index is 707. The zero-order valence-electron chi connectivity index (χ0n) is 11.7. The maximum atomic E-state index is 13.1. The van der Waals surface area contributed by atoms with Crippen LogP contribution >= 0.6 is 0 Å². The maximum absolute atomic E-state index is 13.1. The van der Waals surface area contributed by atoms with Crippen LogP contribution in [0.5, 0.6) is 0 Å². The molecular weight excluding hydrogens is 295 g/mol. The van der Waals surface area contributed by atoms with Gasteiger partial charge in [0.25, 0.3) is 0 Å². The van der Waals surface area contributed by atoms with Gasteiger partial charge in [0.05, 0.1) is 12.1 Å². The molecule has 0 fully saturated rings. The third-order valence-electron chi connectivity index (χ3n) is 3.79. The van der Waals surface area contributed by atoms with Gasteiger partial charge in [0.2, 0.25) is 0 Å². The van der Waals surface area contributed by atoms with Crippen molar-refractivity contribution in [3.63, 3.8) is 0 Å². The lowest BCUT2D eigenvalue weighted by Gasteiger charge is -2.17. The Morgan fingerprint density at radius 3 is 2.82 bits per heavy atom. The van der Waals surface area contributed by atoms with E-state index in [1.165, 1.54) is 16.8 Å². The van der Waals surface area contributed by atoms with E-state index in [-0.39, 0.29) is 12.1 Å². The highest BCUT2D eigenvalue weighted by Crippen LogP contribution is 2.32. The van der Waals surface area contributed by atoms with E-state index in [9.17, 15) is 18.0 Å². The van der Waals surface area contributed by atoms with Crippen LogP contribution in [-0.2, 0) is 25.7 Å². The molecule has 116 valence electrons. The summed E-state index contributed by atoms with van der Waals surface area (Å²) in [5, 5.41) is 7.31. The quantitative estimate of drug-likeness (QED) is 0.886. The second kappa shape index (κ2) is 5.57. The van der Waals surface area contributed by atoms with Gasteiger partial charge in [0.1, 0.15) is 5.69 Å². The van der Waals surface area contributed by atoms with Crippen LogP contribution in [-0.4, -0.2) is 22.6 Å². The highest BCUT2D eigenvalue weighted by molar-refractivity contribution is 5.75. The van der Waals surface area contributed by atoms with Gasteiger partial charge in [-0.2, -0.15) is 18.3 Å². The van der Waals surface area contributed by atoms with E-state index in [1.54, 1.807) is 6.07 Å². The van der Waals surface area contributed by atoms with Crippen molar-refractivity contribution in [1.82, 2.24) is 15.1 Å². The van der Waals surface area contributed by atoms with Crippen molar-refractivity contribution < 1.29 is 18.0 Å². The third-order valence-corrected chi connectivity index (χ3v) is 3.79. The molecule has 1 N–H and O–H groups in total. The SMILES string of the molecule is O=Cc1nn(Cc2ccccc2C(F)(F)F)c2c1CNCC2. The number of aldehydes is 1. The van der Waals surface area contributed by atoms with Crippen molar-refractivity contribution in [3.05, 3.63) is 52.3 Å². The predicted molar refractivity (Wildman–Crippen MR) is 73.6 cm³/mol. The Morgan fingerprint density at radius 2 is 2.09 bits per heavy atom. The van der Waals surface area contributed by atoms with Gasteiger partial charge in [-0.1, -0.05) is 18.2 Å². The molecule has 0 radical (unpaired) electrons. The zero-order valence-corrected chi connectivity index (χ0v) is 11.7. The van der Waals surface area contributed by atoms with Crippen LogP contribution < -0.4 is 5.32 Å². The largest absolute Gasteiger partial charge is 0.416 e. The minimum Gasteiger partial charge on any atom is -0.312 e. The summed E-state index contributed by atoms with van der Waals surface area (Å²) in [6.07, 6.45) is -3.11. The third kappa shape index (κ3) is 2.64. The highest BCUT2D eigenvalue weighted by Gasteiger charge is 2.33. The van der Waals surface area contributed by atoms with Crippen molar-refractivity contribution in [2.75, 3.05) is 6.54 Å². The molecule has 1 aliphatic heterocycles. The van der Waals surface area contributed by atoms with Crippen LogP contribution in [0.3, 0.4) is 0 Å². The molecule has 0 saturated carbocycles. The minimum atomic E-state index is -4.40. The second-order valence-corrected chi connectivity index (χ2v) is 5.17. The number of nitrogens with zero attached hydrogens (tertiary/aromatic N) is 2. The molecule has 2 aromatic rings. The summed E-state index contributed by atoms with van der Waals surface area (Å²) >= 11 is 0. The lowest BCUT2D eigenvalue weighted by Crippen LogP contribution is -2.25. The first kappa shape index (κ1) is 14.8. The van der Waals surface area contributed by atoms with E-state index < -0.39 is 11.7 Å². The lowest BCUT2D eigenvalue weighted by atomic mass is 10.1. The molecule has 1 aromatic heterocycles. The fourth-order valence-corrected chi connectivity index (χ4v) is 2.77. The molecule has 2 heterocycles.